The Labute approximate surface area is 160 Å². The third-order valence-corrected chi connectivity index (χ3v) is 6.94. The molecule has 2 fully saturated rings. The monoisotopic (exact) mass is 394 g/mol. The summed E-state index contributed by atoms with van der Waals surface area (Å²) in [5.41, 5.74) is 0.984. The number of likely N-dealkylation sites (tertiary alicyclic amines) is 1. The molecule has 2 heterocycles. The van der Waals surface area contributed by atoms with Crippen LogP contribution in [0.2, 0.25) is 0 Å². The summed E-state index contributed by atoms with van der Waals surface area (Å²) < 4.78 is 28.8. The number of carbonyl (C=O) groups excluding carboxylic acids is 2. The van der Waals surface area contributed by atoms with Crippen molar-refractivity contribution in [3.8, 4) is 5.75 Å². The molecule has 1 aromatic carbocycles. The van der Waals surface area contributed by atoms with Crippen LogP contribution in [0.15, 0.2) is 24.3 Å². The Hall–Kier alpha value is -2.09. The summed E-state index contributed by atoms with van der Waals surface area (Å²) in [6.07, 6.45) is 0.625. The molecule has 0 spiro atoms. The fourth-order valence-electron chi connectivity index (χ4n) is 3.79. The van der Waals surface area contributed by atoms with Crippen molar-refractivity contribution in [2.45, 2.75) is 32.4 Å². The number of rotatable bonds is 6. The molecule has 0 aliphatic carbocycles. The van der Waals surface area contributed by atoms with Crippen molar-refractivity contribution in [3.63, 3.8) is 0 Å². The van der Waals surface area contributed by atoms with Crippen molar-refractivity contribution >= 4 is 21.7 Å². The number of sulfone groups is 1. The highest BCUT2D eigenvalue weighted by Crippen LogP contribution is 2.27. The van der Waals surface area contributed by atoms with E-state index in [-0.39, 0.29) is 35.8 Å². The number of benzene rings is 1. The molecule has 2 atom stereocenters. The number of nitrogens with zero attached hydrogens (tertiary/aromatic N) is 2. The molecule has 0 aromatic heterocycles. The van der Waals surface area contributed by atoms with Crippen LogP contribution in [0.4, 0.5) is 0 Å². The van der Waals surface area contributed by atoms with Gasteiger partial charge in [-0.1, -0.05) is 12.1 Å². The van der Waals surface area contributed by atoms with E-state index in [1.807, 2.05) is 31.2 Å². The van der Waals surface area contributed by atoms with Crippen LogP contribution in [-0.4, -0.2) is 67.8 Å². The zero-order valence-corrected chi connectivity index (χ0v) is 16.6. The highest BCUT2D eigenvalue weighted by Gasteiger charge is 2.42. The van der Waals surface area contributed by atoms with Crippen LogP contribution in [-0.2, 0) is 26.0 Å². The molecule has 1 aromatic rings. The normalized spacial score (nSPS) is 24.2. The zero-order chi connectivity index (χ0) is 19.6. The van der Waals surface area contributed by atoms with E-state index >= 15 is 0 Å². The summed E-state index contributed by atoms with van der Waals surface area (Å²) in [6, 6.07) is 7.31. The maximum atomic E-state index is 12.8. The maximum Gasteiger partial charge on any atom is 0.228 e. The minimum Gasteiger partial charge on any atom is -0.494 e. The van der Waals surface area contributed by atoms with Crippen LogP contribution in [0.5, 0.6) is 5.75 Å². The van der Waals surface area contributed by atoms with Crippen molar-refractivity contribution in [3.05, 3.63) is 29.8 Å². The smallest absolute Gasteiger partial charge is 0.228 e. The number of hydrogen-bond acceptors (Lipinski definition) is 5. The van der Waals surface area contributed by atoms with E-state index in [1.54, 1.807) is 16.8 Å². The van der Waals surface area contributed by atoms with Gasteiger partial charge in [-0.15, -0.1) is 0 Å². The Morgan fingerprint density at radius 2 is 2.00 bits per heavy atom. The summed E-state index contributed by atoms with van der Waals surface area (Å²) >= 11 is 0. The van der Waals surface area contributed by atoms with Crippen molar-refractivity contribution in [1.29, 1.82) is 0 Å². The topological polar surface area (TPSA) is 84.0 Å². The van der Waals surface area contributed by atoms with E-state index in [2.05, 4.69) is 0 Å². The highest BCUT2D eigenvalue weighted by molar-refractivity contribution is 7.91. The van der Waals surface area contributed by atoms with Gasteiger partial charge in [-0.2, -0.15) is 0 Å². The predicted octanol–water partition coefficient (Wildman–Crippen LogP) is 1.08. The third kappa shape index (κ3) is 4.61. The van der Waals surface area contributed by atoms with Crippen LogP contribution >= 0.6 is 0 Å². The van der Waals surface area contributed by atoms with Gasteiger partial charge in [0.05, 0.1) is 24.0 Å². The Kier molecular flexibility index (Phi) is 5.74. The second-order valence-corrected chi connectivity index (χ2v) is 9.50. The first-order chi connectivity index (χ1) is 12.8. The summed E-state index contributed by atoms with van der Waals surface area (Å²) in [5, 5.41) is 0. The van der Waals surface area contributed by atoms with Gasteiger partial charge < -0.3 is 14.5 Å². The highest BCUT2D eigenvalue weighted by atomic mass is 32.2. The van der Waals surface area contributed by atoms with Crippen molar-refractivity contribution in [1.82, 2.24) is 9.80 Å². The van der Waals surface area contributed by atoms with Crippen molar-refractivity contribution in [2.75, 3.05) is 31.7 Å². The van der Waals surface area contributed by atoms with E-state index in [1.165, 1.54) is 0 Å². The summed E-state index contributed by atoms with van der Waals surface area (Å²) in [6.45, 7) is 3.29. The molecule has 7 nitrogen and oxygen atoms in total. The van der Waals surface area contributed by atoms with Gasteiger partial charge in [0.15, 0.2) is 9.84 Å². The Balaban J connectivity index is 1.58. The second kappa shape index (κ2) is 7.88. The van der Waals surface area contributed by atoms with Crippen LogP contribution < -0.4 is 4.74 Å². The van der Waals surface area contributed by atoms with Gasteiger partial charge in [0.2, 0.25) is 11.8 Å². The first-order valence-electron chi connectivity index (χ1n) is 9.25. The summed E-state index contributed by atoms with van der Waals surface area (Å²) in [4.78, 5) is 28.3. The Morgan fingerprint density at radius 3 is 2.59 bits per heavy atom. The van der Waals surface area contributed by atoms with Crippen LogP contribution in [0.25, 0.3) is 0 Å². The first-order valence-corrected chi connectivity index (χ1v) is 11.1. The molecule has 8 heteroatoms. The average molecular weight is 394 g/mol. The molecular weight excluding hydrogens is 368 g/mol. The van der Waals surface area contributed by atoms with E-state index in [0.717, 1.165) is 11.3 Å². The second-order valence-electron chi connectivity index (χ2n) is 7.28. The maximum absolute atomic E-state index is 12.8. The molecule has 2 amide bonds. The van der Waals surface area contributed by atoms with Crippen LogP contribution in [0, 0.1) is 5.92 Å². The molecule has 2 aliphatic rings. The molecule has 0 unspecified atom stereocenters. The molecule has 0 radical (unpaired) electrons. The number of carbonyl (C=O) groups is 2. The van der Waals surface area contributed by atoms with Gasteiger partial charge in [-0.05, 0) is 31.0 Å². The fourth-order valence-corrected chi connectivity index (χ4v) is 5.52. The summed E-state index contributed by atoms with van der Waals surface area (Å²) in [5.74, 6) is 0.317. The van der Waals surface area contributed by atoms with E-state index in [0.29, 0.717) is 26.1 Å². The lowest BCUT2D eigenvalue weighted by Crippen LogP contribution is -2.39. The Bertz CT molecular complexity index is 806. The van der Waals surface area contributed by atoms with E-state index < -0.39 is 15.8 Å². The van der Waals surface area contributed by atoms with E-state index in [9.17, 15) is 18.0 Å². The third-order valence-electron chi connectivity index (χ3n) is 5.19. The molecule has 0 bridgehead atoms. The molecule has 148 valence electrons. The minimum atomic E-state index is -3.06. The minimum absolute atomic E-state index is 0.0155. The fraction of sp³-hybridized carbons (Fsp3) is 0.579. The quantitative estimate of drug-likeness (QED) is 0.721. The van der Waals surface area contributed by atoms with Gasteiger partial charge in [0.1, 0.15) is 5.75 Å². The standard InChI is InChI=1S/C19H26N2O5S/c1-3-26-17-6-4-14(5-7-17)11-20(2)19(23)15-10-18(22)21(12-15)16-8-9-27(24,25)13-16/h4-7,15-16H,3,8-13H2,1-2H3/t15-,16-/m1/s1. The van der Waals surface area contributed by atoms with Gasteiger partial charge in [-0.25, -0.2) is 8.42 Å². The number of amides is 2. The lowest BCUT2D eigenvalue weighted by Gasteiger charge is -2.24. The number of hydrogen-bond donors (Lipinski definition) is 0. The molecule has 0 N–H and O–H groups in total. The van der Waals surface area contributed by atoms with Crippen LogP contribution in [0.1, 0.15) is 25.3 Å². The largest absolute Gasteiger partial charge is 0.494 e. The van der Waals surface area contributed by atoms with Crippen molar-refractivity contribution < 1.29 is 22.7 Å². The molecule has 2 aliphatic heterocycles. The van der Waals surface area contributed by atoms with Gasteiger partial charge in [0, 0.05) is 32.6 Å². The lowest BCUT2D eigenvalue weighted by atomic mass is 10.1. The van der Waals surface area contributed by atoms with Crippen molar-refractivity contribution in [2.24, 2.45) is 5.92 Å². The first kappa shape index (κ1) is 19.7. The average Bonchev–Trinajstić information content (AvgIpc) is 3.18. The SMILES string of the molecule is CCOc1ccc(CN(C)C(=O)[C@@H]2CC(=O)N([C@@H]3CCS(=O)(=O)C3)C2)cc1. The molecule has 0 saturated carbocycles. The zero-order valence-electron chi connectivity index (χ0n) is 15.8. The Morgan fingerprint density at radius 1 is 1.30 bits per heavy atom. The molecule has 27 heavy (non-hydrogen) atoms. The predicted molar refractivity (Wildman–Crippen MR) is 101 cm³/mol. The molecular formula is C19H26N2O5S. The number of ether oxygens (including phenoxy) is 1. The van der Waals surface area contributed by atoms with Gasteiger partial charge in [0.25, 0.3) is 0 Å². The van der Waals surface area contributed by atoms with Gasteiger partial charge >= 0.3 is 0 Å². The van der Waals surface area contributed by atoms with E-state index in [4.69, 9.17) is 4.74 Å². The molecule has 2 saturated heterocycles. The van der Waals surface area contributed by atoms with Gasteiger partial charge in [-0.3, -0.25) is 9.59 Å². The molecule has 3 rings (SSSR count). The lowest BCUT2D eigenvalue weighted by molar-refractivity contribution is -0.135. The van der Waals surface area contributed by atoms with Crippen LogP contribution in [0.3, 0.4) is 0 Å². The summed E-state index contributed by atoms with van der Waals surface area (Å²) in [7, 11) is -1.33.